The van der Waals surface area contributed by atoms with Crippen LogP contribution in [0.15, 0.2) is 77.7 Å². The predicted octanol–water partition coefficient (Wildman–Crippen LogP) is 4.67. The lowest BCUT2D eigenvalue weighted by Gasteiger charge is -2.51. The average Bonchev–Trinajstić information content (AvgIpc) is 2.97. The standard InChI is InChI=1S/C33H38ClN3O6S/c1-21(2)28(31(40)37-18-17-33(41,32(4,5)20-37)25-13-15-26(34)16-14-25)35-29(38)23-10-8-11-24(19-23)30(39)36-44(42,43)27-12-7-6-9-22(27)3/h6-16,19,21,28,41H,17-18,20H2,1-5H3,(H,35,38)(H,36,39)/t28-,33+/m1/s1. The minimum absolute atomic E-state index is 0.0203. The van der Waals surface area contributed by atoms with Crippen molar-refractivity contribution in [2.45, 2.75) is 57.6 Å². The third-order valence-electron chi connectivity index (χ3n) is 8.30. The number of piperidine rings is 1. The van der Waals surface area contributed by atoms with E-state index >= 15 is 0 Å². The molecule has 2 atom stereocenters. The number of likely N-dealkylation sites (tertiary alicyclic amines) is 1. The van der Waals surface area contributed by atoms with Crippen molar-refractivity contribution < 1.29 is 27.9 Å². The van der Waals surface area contributed by atoms with Crippen LogP contribution in [0.3, 0.4) is 0 Å². The molecule has 1 fully saturated rings. The molecule has 0 spiro atoms. The molecule has 1 heterocycles. The fourth-order valence-corrected chi connectivity index (χ4v) is 6.95. The number of sulfonamides is 1. The quantitative estimate of drug-likeness (QED) is 0.328. The second-order valence-electron chi connectivity index (χ2n) is 12.2. The van der Waals surface area contributed by atoms with Crippen molar-refractivity contribution in [3.8, 4) is 0 Å². The Kier molecular flexibility index (Phi) is 9.58. The van der Waals surface area contributed by atoms with Gasteiger partial charge in [-0.25, -0.2) is 13.1 Å². The number of hydrogen-bond donors (Lipinski definition) is 3. The number of benzene rings is 3. The molecule has 3 N–H and O–H groups in total. The van der Waals surface area contributed by atoms with E-state index in [0.29, 0.717) is 17.0 Å². The first kappa shape index (κ1) is 33.2. The van der Waals surface area contributed by atoms with Gasteiger partial charge in [-0.1, -0.05) is 75.7 Å². The molecular formula is C33H38ClN3O6S. The highest BCUT2D eigenvalue weighted by Crippen LogP contribution is 2.46. The minimum Gasteiger partial charge on any atom is -0.384 e. The van der Waals surface area contributed by atoms with Gasteiger partial charge in [-0.2, -0.15) is 0 Å². The number of aliphatic hydroxyl groups is 1. The summed E-state index contributed by atoms with van der Waals surface area (Å²) in [4.78, 5) is 41.6. The molecule has 3 aromatic carbocycles. The summed E-state index contributed by atoms with van der Waals surface area (Å²) in [7, 11) is -4.14. The van der Waals surface area contributed by atoms with Crippen molar-refractivity contribution in [2.75, 3.05) is 13.1 Å². The Morgan fingerprint density at radius 3 is 2.14 bits per heavy atom. The molecule has 0 aromatic heterocycles. The Bertz CT molecular complexity index is 1670. The van der Waals surface area contributed by atoms with E-state index in [9.17, 15) is 27.9 Å². The van der Waals surface area contributed by atoms with Gasteiger partial charge in [-0.05, 0) is 66.8 Å². The van der Waals surface area contributed by atoms with Crippen LogP contribution in [0.1, 0.15) is 66.0 Å². The average molecular weight is 640 g/mol. The van der Waals surface area contributed by atoms with Gasteiger partial charge in [0.2, 0.25) is 5.91 Å². The second-order valence-corrected chi connectivity index (χ2v) is 14.3. The van der Waals surface area contributed by atoms with Crippen LogP contribution in [0.2, 0.25) is 5.02 Å². The third kappa shape index (κ3) is 6.82. The van der Waals surface area contributed by atoms with E-state index in [1.54, 1.807) is 54.3 Å². The molecule has 1 saturated heterocycles. The number of carbonyl (C=O) groups is 3. The molecule has 0 aliphatic carbocycles. The Labute approximate surface area is 263 Å². The molecule has 11 heteroatoms. The minimum atomic E-state index is -4.14. The summed E-state index contributed by atoms with van der Waals surface area (Å²) >= 11 is 6.05. The Morgan fingerprint density at radius 2 is 1.55 bits per heavy atom. The molecular weight excluding hydrogens is 602 g/mol. The van der Waals surface area contributed by atoms with Gasteiger partial charge in [-0.3, -0.25) is 14.4 Å². The highest BCUT2D eigenvalue weighted by atomic mass is 35.5. The molecule has 0 bridgehead atoms. The van der Waals surface area contributed by atoms with E-state index in [0.717, 1.165) is 5.56 Å². The summed E-state index contributed by atoms with van der Waals surface area (Å²) in [5, 5.41) is 15.1. The maximum atomic E-state index is 13.8. The Balaban J connectivity index is 1.48. The molecule has 234 valence electrons. The molecule has 1 aliphatic rings. The molecule has 0 saturated carbocycles. The van der Waals surface area contributed by atoms with Crippen molar-refractivity contribution in [3.63, 3.8) is 0 Å². The Morgan fingerprint density at radius 1 is 0.932 bits per heavy atom. The number of nitrogens with one attached hydrogen (secondary N) is 2. The second kappa shape index (κ2) is 12.7. The number of rotatable bonds is 8. The highest BCUT2D eigenvalue weighted by molar-refractivity contribution is 7.90. The normalized spacial score (nSPS) is 18.9. The zero-order chi connectivity index (χ0) is 32.4. The van der Waals surface area contributed by atoms with E-state index in [-0.39, 0.29) is 40.9 Å². The molecule has 3 amide bonds. The van der Waals surface area contributed by atoms with Gasteiger partial charge < -0.3 is 15.3 Å². The summed E-state index contributed by atoms with van der Waals surface area (Å²) in [6, 6.07) is 18.1. The Hall–Kier alpha value is -3.73. The van der Waals surface area contributed by atoms with Crippen molar-refractivity contribution >= 4 is 39.3 Å². The lowest BCUT2D eigenvalue weighted by atomic mass is 9.66. The highest BCUT2D eigenvalue weighted by Gasteiger charge is 2.50. The van der Waals surface area contributed by atoms with Crippen molar-refractivity contribution in [1.29, 1.82) is 0 Å². The predicted molar refractivity (Wildman–Crippen MR) is 169 cm³/mol. The zero-order valence-electron chi connectivity index (χ0n) is 25.4. The van der Waals surface area contributed by atoms with Crippen molar-refractivity contribution in [1.82, 2.24) is 14.9 Å². The van der Waals surface area contributed by atoms with E-state index in [1.807, 2.05) is 27.7 Å². The smallest absolute Gasteiger partial charge is 0.265 e. The van der Waals surface area contributed by atoms with Crippen LogP contribution in [-0.2, 0) is 20.4 Å². The molecule has 0 radical (unpaired) electrons. The lowest BCUT2D eigenvalue weighted by Crippen LogP contribution is -2.60. The van der Waals surface area contributed by atoms with Gasteiger partial charge in [0.05, 0.1) is 10.5 Å². The number of amides is 3. The van der Waals surface area contributed by atoms with Crippen molar-refractivity contribution in [3.05, 3.63) is 100 Å². The van der Waals surface area contributed by atoms with Crippen LogP contribution in [0.5, 0.6) is 0 Å². The van der Waals surface area contributed by atoms with Crippen LogP contribution in [0.4, 0.5) is 0 Å². The van der Waals surface area contributed by atoms with Gasteiger partial charge in [0.1, 0.15) is 6.04 Å². The SMILES string of the molecule is Cc1ccccc1S(=O)(=O)NC(=O)c1cccc(C(=O)N[C@@H](C(=O)N2CC[C@](O)(c3ccc(Cl)cc3)C(C)(C)C2)C(C)C)c1. The van der Waals surface area contributed by atoms with Crippen LogP contribution in [0, 0.1) is 18.3 Å². The van der Waals surface area contributed by atoms with Crippen LogP contribution in [-0.4, -0.2) is 55.3 Å². The molecule has 3 aromatic rings. The zero-order valence-corrected chi connectivity index (χ0v) is 27.0. The summed E-state index contributed by atoms with van der Waals surface area (Å²) in [5.41, 5.74) is -0.610. The van der Waals surface area contributed by atoms with Gasteiger partial charge >= 0.3 is 0 Å². The van der Waals surface area contributed by atoms with Gasteiger partial charge in [0.25, 0.3) is 21.8 Å². The first-order valence-corrected chi connectivity index (χ1v) is 16.2. The van der Waals surface area contributed by atoms with E-state index in [1.165, 1.54) is 30.3 Å². The number of carbonyl (C=O) groups excluding carboxylic acids is 3. The van der Waals surface area contributed by atoms with Gasteiger partial charge in [-0.15, -0.1) is 0 Å². The fourth-order valence-electron chi connectivity index (χ4n) is 5.60. The maximum Gasteiger partial charge on any atom is 0.265 e. The topological polar surface area (TPSA) is 133 Å². The number of hydrogen-bond acceptors (Lipinski definition) is 6. The van der Waals surface area contributed by atoms with E-state index < -0.39 is 38.9 Å². The first-order chi connectivity index (χ1) is 20.6. The van der Waals surface area contributed by atoms with Crippen LogP contribution < -0.4 is 10.0 Å². The number of nitrogens with zero attached hydrogens (tertiary/aromatic N) is 1. The molecule has 44 heavy (non-hydrogen) atoms. The van der Waals surface area contributed by atoms with E-state index in [4.69, 9.17) is 11.6 Å². The summed E-state index contributed by atoms with van der Waals surface area (Å²) in [6.45, 7) is 9.62. The molecule has 4 rings (SSSR count). The first-order valence-electron chi connectivity index (χ1n) is 14.4. The summed E-state index contributed by atoms with van der Waals surface area (Å²) in [5.74, 6) is -2.01. The molecule has 9 nitrogen and oxygen atoms in total. The molecule has 1 aliphatic heterocycles. The van der Waals surface area contributed by atoms with Gasteiger partial charge in [0.15, 0.2) is 0 Å². The maximum absolute atomic E-state index is 13.8. The molecule has 0 unspecified atom stereocenters. The van der Waals surface area contributed by atoms with Crippen molar-refractivity contribution in [2.24, 2.45) is 11.3 Å². The van der Waals surface area contributed by atoms with E-state index in [2.05, 4.69) is 10.0 Å². The van der Waals surface area contributed by atoms with Gasteiger partial charge in [0, 0.05) is 34.7 Å². The van der Waals surface area contributed by atoms with Crippen LogP contribution in [0.25, 0.3) is 0 Å². The fraction of sp³-hybridized carbons (Fsp3) is 0.364. The third-order valence-corrected chi connectivity index (χ3v) is 10.0. The summed E-state index contributed by atoms with van der Waals surface area (Å²) in [6.07, 6.45) is 0.300. The largest absolute Gasteiger partial charge is 0.384 e. The monoisotopic (exact) mass is 639 g/mol. The van der Waals surface area contributed by atoms with Crippen LogP contribution >= 0.6 is 11.6 Å². The number of aryl methyl sites for hydroxylation is 1. The number of halogens is 1. The summed E-state index contributed by atoms with van der Waals surface area (Å²) < 4.78 is 27.7. The lowest BCUT2D eigenvalue weighted by molar-refractivity contribution is -0.155.